The molecular weight excluding hydrogens is 356 g/mol. The number of amides is 3. The van der Waals surface area contributed by atoms with Crippen LogP contribution in [0.5, 0.6) is 0 Å². The number of fused-ring (bicyclic) bond motifs is 1. The highest BCUT2D eigenvalue weighted by Crippen LogP contribution is 2.26. The van der Waals surface area contributed by atoms with Crippen molar-refractivity contribution in [1.29, 1.82) is 0 Å². The number of imide groups is 1. The van der Waals surface area contributed by atoms with E-state index < -0.39 is 30.4 Å². The summed E-state index contributed by atoms with van der Waals surface area (Å²) in [4.78, 5) is 50.4. The molecule has 0 spiro atoms. The summed E-state index contributed by atoms with van der Waals surface area (Å²) in [7, 11) is 0. The smallest absolute Gasteiger partial charge is 0.329 e. The number of esters is 1. The van der Waals surface area contributed by atoms with Crippen molar-refractivity contribution in [1.82, 2.24) is 10.2 Å². The first kappa shape index (κ1) is 18.4. The number of thioether (sulfide) groups is 1. The number of benzene rings is 1. The highest BCUT2D eigenvalue weighted by atomic mass is 32.2. The Morgan fingerprint density at radius 2 is 1.85 bits per heavy atom. The third-order valence-corrected chi connectivity index (χ3v) is 4.94. The topological polar surface area (TPSA) is 92.8 Å². The van der Waals surface area contributed by atoms with Crippen LogP contribution in [0.3, 0.4) is 0 Å². The van der Waals surface area contributed by atoms with Crippen LogP contribution in [0.1, 0.15) is 40.0 Å². The van der Waals surface area contributed by atoms with Crippen LogP contribution in [0, 0.1) is 0 Å². The SMILES string of the molecule is CSCC[C@H](C(=O)OCC(=O)NC1CC1)N1C(=O)c2ccccc2C1=O. The summed E-state index contributed by atoms with van der Waals surface area (Å²) in [5.74, 6) is -1.54. The van der Waals surface area contributed by atoms with Gasteiger partial charge < -0.3 is 10.1 Å². The second kappa shape index (κ2) is 7.90. The van der Waals surface area contributed by atoms with Crippen molar-refractivity contribution < 1.29 is 23.9 Å². The maximum absolute atomic E-state index is 12.6. The van der Waals surface area contributed by atoms with Crippen LogP contribution in [0.4, 0.5) is 0 Å². The fourth-order valence-electron chi connectivity index (χ4n) is 2.80. The summed E-state index contributed by atoms with van der Waals surface area (Å²) < 4.78 is 5.09. The number of rotatable bonds is 8. The summed E-state index contributed by atoms with van der Waals surface area (Å²) in [6.45, 7) is -0.408. The summed E-state index contributed by atoms with van der Waals surface area (Å²) in [5, 5.41) is 2.72. The van der Waals surface area contributed by atoms with Crippen molar-refractivity contribution in [2.24, 2.45) is 0 Å². The van der Waals surface area contributed by atoms with Crippen molar-refractivity contribution in [3.63, 3.8) is 0 Å². The maximum Gasteiger partial charge on any atom is 0.329 e. The number of carbonyl (C=O) groups is 4. The third-order valence-electron chi connectivity index (χ3n) is 4.29. The van der Waals surface area contributed by atoms with E-state index in [0.717, 1.165) is 17.7 Å². The Hall–Kier alpha value is -2.35. The zero-order chi connectivity index (χ0) is 18.7. The highest BCUT2D eigenvalue weighted by molar-refractivity contribution is 7.98. The molecule has 2 aliphatic rings. The number of hydrogen-bond acceptors (Lipinski definition) is 6. The van der Waals surface area contributed by atoms with Gasteiger partial charge in [0, 0.05) is 6.04 Å². The Bertz CT molecular complexity index is 712. The molecule has 138 valence electrons. The van der Waals surface area contributed by atoms with E-state index in [1.807, 2.05) is 6.26 Å². The van der Waals surface area contributed by atoms with E-state index in [1.165, 1.54) is 11.8 Å². The number of hydrogen-bond donors (Lipinski definition) is 1. The molecular formula is C18H20N2O5S. The molecule has 1 fully saturated rings. The lowest BCUT2D eigenvalue weighted by atomic mass is 10.1. The summed E-state index contributed by atoms with van der Waals surface area (Å²) >= 11 is 1.50. The van der Waals surface area contributed by atoms with Gasteiger partial charge in [-0.3, -0.25) is 19.3 Å². The van der Waals surface area contributed by atoms with Gasteiger partial charge in [-0.1, -0.05) is 12.1 Å². The first-order chi connectivity index (χ1) is 12.5. The second-order valence-electron chi connectivity index (χ2n) is 6.27. The average molecular weight is 376 g/mol. The lowest BCUT2D eigenvalue weighted by Gasteiger charge is -2.24. The number of carbonyl (C=O) groups excluding carboxylic acids is 4. The van der Waals surface area contributed by atoms with Crippen LogP contribution in [-0.4, -0.2) is 59.3 Å². The molecule has 1 aliphatic heterocycles. The van der Waals surface area contributed by atoms with E-state index in [9.17, 15) is 19.2 Å². The van der Waals surface area contributed by atoms with Gasteiger partial charge in [0.1, 0.15) is 6.04 Å². The maximum atomic E-state index is 12.6. The van der Waals surface area contributed by atoms with Crippen molar-refractivity contribution >= 4 is 35.5 Å². The molecule has 1 aromatic carbocycles. The minimum absolute atomic E-state index is 0.171. The van der Waals surface area contributed by atoms with Crippen LogP contribution in [0.15, 0.2) is 24.3 Å². The van der Waals surface area contributed by atoms with Crippen molar-refractivity contribution in [2.75, 3.05) is 18.6 Å². The van der Waals surface area contributed by atoms with E-state index in [4.69, 9.17) is 4.74 Å². The first-order valence-corrected chi connectivity index (χ1v) is 9.84. The standard InChI is InChI=1S/C18H20N2O5S/c1-26-9-8-14(18(24)25-10-15(21)19-11-6-7-11)20-16(22)12-4-2-3-5-13(12)17(20)23/h2-5,11,14H,6-10H2,1H3,(H,19,21)/t14-/m1/s1. The molecule has 0 bridgehead atoms. The van der Waals surface area contributed by atoms with Gasteiger partial charge in [-0.2, -0.15) is 11.8 Å². The predicted octanol–water partition coefficient (Wildman–Crippen LogP) is 1.23. The molecule has 7 nitrogen and oxygen atoms in total. The fourth-order valence-corrected chi connectivity index (χ4v) is 3.26. The van der Waals surface area contributed by atoms with Crippen molar-refractivity contribution in [3.8, 4) is 0 Å². The van der Waals surface area contributed by atoms with E-state index >= 15 is 0 Å². The molecule has 0 saturated heterocycles. The largest absolute Gasteiger partial charge is 0.454 e. The summed E-state index contributed by atoms with van der Waals surface area (Å²) in [6, 6.07) is 5.61. The van der Waals surface area contributed by atoms with Crippen LogP contribution < -0.4 is 5.32 Å². The van der Waals surface area contributed by atoms with E-state index in [1.54, 1.807) is 24.3 Å². The molecule has 3 rings (SSSR count). The molecule has 0 aromatic heterocycles. The molecule has 8 heteroatoms. The molecule has 1 N–H and O–H groups in total. The summed E-state index contributed by atoms with van der Waals surface area (Å²) in [6.07, 6.45) is 4.01. The molecule has 3 amide bonds. The lowest BCUT2D eigenvalue weighted by molar-refractivity contribution is -0.152. The van der Waals surface area contributed by atoms with E-state index in [-0.39, 0.29) is 29.5 Å². The number of ether oxygens (including phenoxy) is 1. The van der Waals surface area contributed by atoms with E-state index in [2.05, 4.69) is 5.32 Å². The van der Waals surface area contributed by atoms with Crippen molar-refractivity contribution in [2.45, 2.75) is 31.3 Å². The van der Waals surface area contributed by atoms with Gasteiger partial charge in [0.2, 0.25) is 0 Å². The van der Waals surface area contributed by atoms with E-state index in [0.29, 0.717) is 5.75 Å². The van der Waals surface area contributed by atoms with Crippen LogP contribution in [0.2, 0.25) is 0 Å². The molecule has 1 heterocycles. The fraction of sp³-hybridized carbons (Fsp3) is 0.444. The quantitative estimate of drug-likeness (QED) is 0.542. The van der Waals surface area contributed by atoms with Crippen LogP contribution in [0.25, 0.3) is 0 Å². The van der Waals surface area contributed by atoms with Crippen LogP contribution >= 0.6 is 11.8 Å². The molecule has 0 unspecified atom stereocenters. The Balaban J connectivity index is 1.71. The van der Waals surface area contributed by atoms with Gasteiger partial charge in [0.05, 0.1) is 11.1 Å². The zero-order valence-corrected chi connectivity index (χ0v) is 15.2. The first-order valence-electron chi connectivity index (χ1n) is 8.44. The van der Waals surface area contributed by atoms with Gasteiger partial charge in [-0.05, 0) is 43.4 Å². The molecule has 1 aromatic rings. The Kier molecular flexibility index (Phi) is 5.61. The van der Waals surface area contributed by atoms with Gasteiger partial charge >= 0.3 is 5.97 Å². The number of nitrogens with zero attached hydrogens (tertiary/aromatic N) is 1. The van der Waals surface area contributed by atoms with Gasteiger partial charge in [-0.25, -0.2) is 4.79 Å². The Morgan fingerprint density at radius 3 is 2.38 bits per heavy atom. The predicted molar refractivity (Wildman–Crippen MR) is 95.9 cm³/mol. The Labute approximate surface area is 155 Å². The molecule has 1 aliphatic carbocycles. The molecule has 0 radical (unpaired) electrons. The minimum atomic E-state index is -1.04. The second-order valence-corrected chi connectivity index (χ2v) is 7.26. The van der Waals surface area contributed by atoms with Crippen LogP contribution in [-0.2, 0) is 14.3 Å². The zero-order valence-electron chi connectivity index (χ0n) is 14.4. The highest BCUT2D eigenvalue weighted by Gasteiger charge is 2.43. The molecule has 1 atom stereocenters. The minimum Gasteiger partial charge on any atom is -0.454 e. The third kappa shape index (κ3) is 3.90. The molecule has 1 saturated carbocycles. The molecule has 26 heavy (non-hydrogen) atoms. The normalized spacial score (nSPS) is 17.0. The number of nitrogens with one attached hydrogen (secondary N) is 1. The lowest BCUT2D eigenvalue weighted by Crippen LogP contribution is -2.46. The van der Waals surface area contributed by atoms with Gasteiger partial charge in [0.25, 0.3) is 17.7 Å². The Morgan fingerprint density at radius 1 is 1.23 bits per heavy atom. The summed E-state index contributed by atoms with van der Waals surface area (Å²) in [5.41, 5.74) is 0.567. The van der Waals surface area contributed by atoms with Gasteiger partial charge in [0.15, 0.2) is 6.61 Å². The van der Waals surface area contributed by atoms with Gasteiger partial charge in [-0.15, -0.1) is 0 Å². The van der Waals surface area contributed by atoms with Crippen molar-refractivity contribution in [3.05, 3.63) is 35.4 Å². The average Bonchev–Trinajstić information content (AvgIpc) is 3.42. The monoisotopic (exact) mass is 376 g/mol.